The molecule has 0 bridgehead atoms. The van der Waals surface area contributed by atoms with E-state index in [1.54, 1.807) is 12.1 Å². The summed E-state index contributed by atoms with van der Waals surface area (Å²) in [5, 5.41) is 1.34. The fourth-order valence-electron chi connectivity index (χ4n) is 2.25. The molecular weight excluding hydrogens is 277 g/mol. The molecule has 1 aromatic carbocycles. The van der Waals surface area contributed by atoms with Gasteiger partial charge in [0, 0.05) is 33.8 Å². The lowest BCUT2D eigenvalue weighted by atomic mass is 9.81. The molecule has 2 atom stereocenters. The van der Waals surface area contributed by atoms with E-state index in [1.807, 2.05) is 31.3 Å². The number of nitrogens with zero attached hydrogens (tertiary/aromatic N) is 1. The Labute approximate surface area is 124 Å². The molecule has 1 aromatic rings. The van der Waals surface area contributed by atoms with E-state index in [2.05, 4.69) is 23.7 Å². The minimum absolute atomic E-state index is 0.179. The zero-order valence-electron chi connectivity index (χ0n) is 10.7. The minimum atomic E-state index is 0.179. The van der Waals surface area contributed by atoms with Crippen molar-refractivity contribution in [2.75, 3.05) is 0 Å². The topological polar surface area (TPSA) is 12.4 Å². The quantitative estimate of drug-likeness (QED) is 0.659. The molecule has 0 amide bonds. The van der Waals surface area contributed by atoms with Crippen molar-refractivity contribution in [2.45, 2.75) is 12.8 Å². The molecule has 0 aliphatic carbocycles. The van der Waals surface area contributed by atoms with Crippen LogP contribution in [-0.2, 0) is 0 Å². The number of hydrogen-bond donors (Lipinski definition) is 0. The Hall–Kier alpha value is -1.31. The molecule has 0 radical (unpaired) electrons. The second kappa shape index (κ2) is 6.23. The van der Waals surface area contributed by atoms with Gasteiger partial charge in [0.05, 0.1) is 0 Å². The lowest BCUT2D eigenvalue weighted by molar-refractivity contribution is 0.727. The van der Waals surface area contributed by atoms with Gasteiger partial charge < -0.3 is 0 Å². The van der Waals surface area contributed by atoms with Gasteiger partial charge in [0.2, 0.25) is 0 Å². The summed E-state index contributed by atoms with van der Waals surface area (Å²) in [6.45, 7) is 5.74. The maximum Gasteiger partial charge on any atom is 0.0459 e. The lowest BCUT2D eigenvalue weighted by Gasteiger charge is -2.25. The van der Waals surface area contributed by atoms with Gasteiger partial charge in [-0.3, -0.25) is 4.99 Å². The number of hydrogen-bond acceptors (Lipinski definition) is 1. The molecule has 0 saturated carbocycles. The van der Waals surface area contributed by atoms with Crippen molar-refractivity contribution < 1.29 is 0 Å². The van der Waals surface area contributed by atoms with E-state index < -0.39 is 0 Å². The Kier molecular flexibility index (Phi) is 4.62. The van der Waals surface area contributed by atoms with Crippen molar-refractivity contribution in [2.24, 2.45) is 10.9 Å². The standard InChI is InChI=1S/C16H15Cl2N/c1-3-4-5-13-11(2)19-9-8-14(13)15-7-6-12(17)10-16(15)18/h3-10,13-14H,1H2,2H3/b5-4-/t13-,14?/m0/s1. The molecule has 1 heterocycles. The van der Waals surface area contributed by atoms with Crippen LogP contribution in [-0.4, -0.2) is 5.71 Å². The summed E-state index contributed by atoms with van der Waals surface area (Å²) in [5.74, 6) is 0.375. The van der Waals surface area contributed by atoms with E-state index in [0.717, 1.165) is 11.3 Å². The SMILES string of the molecule is C=C/C=C\[C@H]1C(C)=NC=CC1c1ccc(Cl)cc1Cl. The van der Waals surface area contributed by atoms with Gasteiger partial charge in [0.15, 0.2) is 0 Å². The molecule has 0 saturated heterocycles. The molecule has 0 N–H and O–H groups in total. The fourth-order valence-corrected chi connectivity index (χ4v) is 2.78. The monoisotopic (exact) mass is 291 g/mol. The molecule has 2 rings (SSSR count). The van der Waals surface area contributed by atoms with E-state index in [1.165, 1.54) is 0 Å². The molecule has 1 aliphatic heterocycles. The molecular formula is C16H15Cl2N. The highest BCUT2D eigenvalue weighted by atomic mass is 35.5. The average Bonchev–Trinajstić information content (AvgIpc) is 2.37. The van der Waals surface area contributed by atoms with Gasteiger partial charge in [0.25, 0.3) is 0 Å². The van der Waals surface area contributed by atoms with Crippen molar-refractivity contribution in [3.63, 3.8) is 0 Å². The summed E-state index contributed by atoms with van der Waals surface area (Å²) in [4.78, 5) is 4.37. The second-order valence-electron chi connectivity index (χ2n) is 4.45. The first-order chi connectivity index (χ1) is 9.13. The molecule has 98 valence electrons. The predicted molar refractivity (Wildman–Crippen MR) is 84.3 cm³/mol. The minimum Gasteiger partial charge on any atom is -0.266 e. The average molecular weight is 292 g/mol. The van der Waals surface area contributed by atoms with Crippen LogP contribution >= 0.6 is 23.2 Å². The van der Waals surface area contributed by atoms with E-state index in [9.17, 15) is 0 Å². The highest BCUT2D eigenvalue weighted by Gasteiger charge is 2.25. The van der Waals surface area contributed by atoms with Crippen molar-refractivity contribution in [1.82, 2.24) is 0 Å². The first kappa shape index (κ1) is 14.1. The zero-order valence-corrected chi connectivity index (χ0v) is 12.2. The highest BCUT2D eigenvalue weighted by Crippen LogP contribution is 2.36. The number of benzene rings is 1. The van der Waals surface area contributed by atoms with Crippen LogP contribution in [0.1, 0.15) is 18.4 Å². The molecule has 1 aliphatic rings. The normalized spacial score (nSPS) is 22.6. The maximum atomic E-state index is 6.31. The summed E-state index contributed by atoms with van der Waals surface area (Å²) in [6, 6.07) is 5.63. The van der Waals surface area contributed by atoms with Crippen LogP contribution in [0.4, 0.5) is 0 Å². The first-order valence-corrected chi connectivity index (χ1v) is 6.84. The summed E-state index contributed by atoms with van der Waals surface area (Å²) in [5.41, 5.74) is 2.13. The Balaban J connectivity index is 2.41. The van der Waals surface area contributed by atoms with E-state index in [4.69, 9.17) is 23.2 Å². The van der Waals surface area contributed by atoms with Crippen molar-refractivity contribution >= 4 is 28.9 Å². The molecule has 1 unspecified atom stereocenters. The predicted octanol–water partition coefficient (Wildman–Crippen LogP) is 5.42. The van der Waals surface area contributed by atoms with E-state index in [0.29, 0.717) is 10.0 Å². The van der Waals surface area contributed by atoms with Crippen LogP contribution < -0.4 is 0 Å². The van der Waals surface area contributed by atoms with E-state index >= 15 is 0 Å². The first-order valence-electron chi connectivity index (χ1n) is 6.08. The Morgan fingerprint density at radius 1 is 1.32 bits per heavy atom. The van der Waals surface area contributed by atoms with Crippen molar-refractivity contribution in [3.8, 4) is 0 Å². The third-order valence-electron chi connectivity index (χ3n) is 3.22. The van der Waals surface area contributed by atoms with Gasteiger partial charge in [-0.2, -0.15) is 0 Å². The van der Waals surface area contributed by atoms with Crippen LogP contribution in [0.2, 0.25) is 10.0 Å². The van der Waals surface area contributed by atoms with Gasteiger partial charge in [-0.05, 0) is 24.6 Å². The number of halogens is 2. The van der Waals surface area contributed by atoms with Crippen molar-refractivity contribution in [3.05, 3.63) is 70.9 Å². The van der Waals surface area contributed by atoms with Gasteiger partial charge in [0.1, 0.15) is 0 Å². The fraction of sp³-hybridized carbons (Fsp3) is 0.188. The van der Waals surface area contributed by atoms with Gasteiger partial charge in [-0.1, -0.05) is 60.2 Å². The summed E-state index contributed by atoms with van der Waals surface area (Å²) in [6.07, 6.45) is 9.72. The zero-order chi connectivity index (χ0) is 13.8. The van der Waals surface area contributed by atoms with Gasteiger partial charge in [-0.25, -0.2) is 0 Å². The summed E-state index contributed by atoms with van der Waals surface area (Å²) in [7, 11) is 0. The molecule has 1 nitrogen and oxygen atoms in total. The van der Waals surface area contributed by atoms with Gasteiger partial charge >= 0.3 is 0 Å². The molecule has 0 aromatic heterocycles. The second-order valence-corrected chi connectivity index (χ2v) is 5.29. The Bertz CT molecular complexity index is 570. The summed E-state index contributed by atoms with van der Waals surface area (Å²) < 4.78 is 0. The summed E-state index contributed by atoms with van der Waals surface area (Å²) >= 11 is 12.3. The Morgan fingerprint density at radius 3 is 2.79 bits per heavy atom. The lowest BCUT2D eigenvalue weighted by Crippen LogP contribution is -2.19. The van der Waals surface area contributed by atoms with Crippen LogP contribution in [0.25, 0.3) is 0 Å². The third kappa shape index (κ3) is 3.17. The van der Waals surface area contributed by atoms with Crippen LogP contribution in [0.15, 0.2) is 60.3 Å². The maximum absolute atomic E-state index is 6.31. The van der Waals surface area contributed by atoms with Crippen LogP contribution in [0.5, 0.6) is 0 Å². The molecule has 0 spiro atoms. The molecule has 0 fully saturated rings. The van der Waals surface area contributed by atoms with E-state index in [-0.39, 0.29) is 11.8 Å². The van der Waals surface area contributed by atoms with Crippen LogP contribution in [0, 0.1) is 5.92 Å². The number of allylic oxidation sites excluding steroid dienone is 4. The largest absolute Gasteiger partial charge is 0.266 e. The number of aliphatic imine (C=N–C) groups is 1. The smallest absolute Gasteiger partial charge is 0.0459 e. The molecule has 19 heavy (non-hydrogen) atoms. The van der Waals surface area contributed by atoms with Crippen LogP contribution in [0.3, 0.4) is 0 Å². The molecule has 3 heteroatoms. The third-order valence-corrected chi connectivity index (χ3v) is 3.78. The van der Waals surface area contributed by atoms with Gasteiger partial charge in [-0.15, -0.1) is 0 Å². The highest BCUT2D eigenvalue weighted by molar-refractivity contribution is 6.35. The van der Waals surface area contributed by atoms with Crippen molar-refractivity contribution in [1.29, 1.82) is 0 Å². The Morgan fingerprint density at radius 2 is 2.11 bits per heavy atom. The number of rotatable bonds is 3.